The summed E-state index contributed by atoms with van der Waals surface area (Å²) < 4.78 is 0.975. The quantitative estimate of drug-likeness (QED) is 0.402. The Bertz CT molecular complexity index is 953. The van der Waals surface area contributed by atoms with E-state index in [0.29, 0.717) is 12.3 Å². The molecule has 2 N–H and O–H groups in total. The van der Waals surface area contributed by atoms with Crippen LogP contribution in [0.5, 0.6) is 0 Å². The Hall–Kier alpha value is -1.53. The molecular formula is C26H35BBrClN2O2. The Kier molecular flexibility index (Phi) is 9.29. The molecule has 4 nitrogen and oxygen atoms in total. The number of benzene rings is 1. The van der Waals surface area contributed by atoms with Crippen molar-refractivity contribution < 1.29 is 9.59 Å². The molecule has 0 radical (unpaired) electrons. The minimum absolute atomic E-state index is 0.00607. The van der Waals surface area contributed by atoms with E-state index < -0.39 is 0 Å². The number of amides is 2. The fourth-order valence-electron chi connectivity index (χ4n) is 5.17. The number of carbonyl (C=O) groups is 2. The van der Waals surface area contributed by atoms with Gasteiger partial charge in [-0.25, -0.2) is 0 Å². The molecule has 1 aromatic carbocycles. The van der Waals surface area contributed by atoms with Gasteiger partial charge in [-0.3, -0.25) is 9.59 Å². The SMILES string of the molecule is CCc1c(C(C=C(C)C)=C2CCN(C(=O)CC3CCB(C(N)=O)CC3)CC2)ccc(Cl)c1Br. The van der Waals surface area contributed by atoms with Crippen LogP contribution in [-0.2, 0) is 11.2 Å². The molecule has 7 heteroatoms. The standard InChI is InChI=1S/C26H35BBrClN2O2/c1-4-20-21(5-6-23(29)25(20)28)22(15-17(2)3)19-9-13-31(14-10-19)24(32)16-18-7-11-27(12-8-18)26(30)33/h5-6,15,18H,4,7-14,16H2,1-3H3,(H2,30,33). The number of allylic oxidation sites excluding steroid dienone is 3. The molecule has 0 saturated carbocycles. The van der Waals surface area contributed by atoms with Crippen LogP contribution in [0.2, 0.25) is 17.7 Å². The fourth-order valence-corrected chi connectivity index (χ4v) is 5.98. The lowest BCUT2D eigenvalue weighted by Gasteiger charge is -2.32. The fraction of sp³-hybridized carbons (Fsp3) is 0.538. The van der Waals surface area contributed by atoms with E-state index in [1.807, 2.05) is 11.0 Å². The highest BCUT2D eigenvalue weighted by atomic mass is 79.9. The lowest BCUT2D eigenvalue weighted by Crippen LogP contribution is -2.39. The lowest BCUT2D eigenvalue weighted by molar-refractivity contribution is -0.132. The van der Waals surface area contributed by atoms with Gasteiger partial charge >= 0.3 is 0 Å². The molecule has 178 valence electrons. The predicted molar refractivity (Wildman–Crippen MR) is 143 cm³/mol. The number of rotatable bonds is 6. The van der Waals surface area contributed by atoms with Gasteiger partial charge in [0.05, 0.1) is 5.02 Å². The molecule has 0 aromatic heterocycles. The van der Waals surface area contributed by atoms with E-state index in [-0.39, 0.29) is 18.4 Å². The predicted octanol–water partition coefficient (Wildman–Crippen LogP) is 6.96. The summed E-state index contributed by atoms with van der Waals surface area (Å²) in [6.07, 6.45) is 9.04. The van der Waals surface area contributed by atoms with Crippen LogP contribution in [0.25, 0.3) is 5.57 Å². The summed E-state index contributed by atoms with van der Waals surface area (Å²) in [5.41, 5.74) is 11.9. The van der Waals surface area contributed by atoms with Crippen molar-refractivity contribution in [3.05, 3.63) is 50.0 Å². The van der Waals surface area contributed by atoms with Gasteiger partial charge in [0.15, 0.2) is 5.81 Å². The average molecular weight is 534 g/mol. The maximum atomic E-state index is 13.0. The molecule has 0 atom stereocenters. The number of hydrogen-bond acceptors (Lipinski definition) is 2. The second kappa shape index (κ2) is 11.7. The Morgan fingerprint density at radius 3 is 2.39 bits per heavy atom. The Morgan fingerprint density at radius 1 is 1.21 bits per heavy atom. The summed E-state index contributed by atoms with van der Waals surface area (Å²) in [5, 5.41) is 0.738. The van der Waals surface area contributed by atoms with Gasteiger partial charge in [-0.15, -0.1) is 0 Å². The van der Waals surface area contributed by atoms with Gasteiger partial charge in [0.1, 0.15) is 0 Å². The highest BCUT2D eigenvalue weighted by molar-refractivity contribution is 9.10. The van der Waals surface area contributed by atoms with Crippen LogP contribution >= 0.6 is 27.5 Å². The first kappa shape index (κ1) is 26.1. The maximum Gasteiger partial charge on any atom is 0.251 e. The molecule has 1 aromatic rings. The monoisotopic (exact) mass is 532 g/mol. The van der Waals surface area contributed by atoms with E-state index >= 15 is 0 Å². The molecule has 2 amide bonds. The number of hydrogen-bond donors (Lipinski definition) is 1. The molecule has 2 aliphatic heterocycles. The summed E-state index contributed by atoms with van der Waals surface area (Å²) >= 11 is 10.1. The molecule has 33 heavy (non-hydrogen) atoms. The van der Waals surface area contributed by atoms with Crippen LogP contribution in [0.3, 0.4) is 0 Å². The lowest BCUT2D eigenvalue weighted by atomic mass is 9.40. The van der Waals surface area contributed by atoms with Crippen molar-refractivity contribution >= 4 is 51.5 Å². The first-order valence-corrected chi connectivity index (χ1v) is 13.3. The number of carbonyl (C=O) groups excluding carboxylic acids is 2. The van der Waals surface area contributed by atoms with Crippen LogP contribution in [0.4, 0.5) is 4.79 Å². The zero-order valence-electron chi connectivity index (χ0n) is 20.1. The van der Waals surface area contributed by atoms with Crippen molar-refractivity contribution in [1.29, 1.82) is 0 Å². The molecule has 0 bridgehead atoms. The second-order valence-corrected chi connectivity index (χ2v) is 10.9. The van der Waals surface area contributed by atoms with E-state index in [0.717, 1.165) is 67.3 Å². The van der Waals surface area contributed by atoms with Crippen molar-refractivity contribution in [2.75, 3.05) is 13.1 Å². The largest absolute Gasteiger partial charge is 0.378 e. The molecule has 2 aliphatic rings. The van der Waals surface area contributed by atoms with Crippen LogP contribution in [0, 0.1) is 5.92 Å². The van der Waals surface area contributed by atoms with Gasteiger partial charge in [0.25, 0.3) is 6.71 Å². The molecular weight excluding hydrogens is 498 g/mol. The summed E-state index contributed by atoms with van der Waals surface area (Å²) in [7, 11) is 0. The van der Waals surface area contributed by atoms with Crippen LogP contribution < -0.4 is 5.73 Å². The van der Waals surface area contributed by atoms with E-state index in [2.05, 4.69) is 48.8 Å². The zero-order valence-corrected chi connectivity index (χ0v) is 22.4. The third kappa shape index (κ3) is 6.54. The molecule has 0 spiro atoms. The number of nitrogens with zero attached hydrogens (tertiary/aromatic N) is 1. The number of likely N-dealkylation sites (tertiary alicyclic amines) is 1. The van der Waals surface area contributed by atoms with Gasteiger partial charge in [0.2, 0.25) is 5.91 Å². The van der Waals surface area contributed by atoms with Crippen molar-refractivity contribution in [2.24, 2.45) is 11.7 Å². The van der Waals surface area contributed by atoms with Crippen LogP contribution in [0.15, 0.2) is 33.8 Å². The van der Waals surface area contributed by atoms with Crippen molar-refractivity contribution in [3.63, 3.8) is 0 Å². The van der Waals surface area contributed by atoms with Gasteiger partial charge in [0, 0.05) is 24.0 Å². The Morgan fingerprint density at radius 2 is 1.85 bits per heavy atom. The van der Waals surface area contributed by atoms with Crippen molar-refractivity contribution in [1.82, 2.24) is 4.90 Å². The summed E-state index contributed by atoms with van der Waals surface area (Å²) in [6, 6.07) is 4.10. The Balaban J connectivity index is 1.71. The van der Waals surface area contributed by atoms with Crippen LogP contribution in [0.1, 0.15) is 64.0 Å². The third-order valence-corrected chi connectivity index (χ3v) is 8.53. The molecule has 0 unspecified atom stereocenters. The number of primary amides is 1. The first-order valence-electron chi connectivity index (χ1n) is 12.1. The second-order valence-electron chi connectivity index (χ2n) is 9.68. The topological polar surface area (TPSA) is 63.4 Å². The highest BCUT2D eigenvalue weighted by Gasteiger charge is 2.31. The van der Waals surface area contributed by atoms with Gasteiger partial charge in [-0.05, 0) is 77.7 Å². The van der Waals surface area contributed by atoms with Gasteiger partial charge < -0.3 is 10.6 Å². The Labute approximate surface area is 212 Å². The van der Waals surface area contributed by atoms with Crippen LogP contribution in [-0.4, -0.2) is 36.4 Å². The smallest absolute Gasteiger partial charge is 0.251 e. The molecule has 2 saturated heterocycles. The number of halogens is 2. The summed E-state index contributed by atoms with van der Waals surface area (Å²) in [5.74, 6) is 0.440. The molecule has 2 fully saturated rings. The summed E-state index contributed by atoms with van der Waals surface area (Å²) in [4.78, 5) is 26.4. The number of nitrogens with two attached hydrogens (primary N) is 1. The van der Waals surface area contributed by atoms with E-state index in [1.165, 1.54) is 27.8 Å². The highest BCUT2D eigenvalue weighted by Crippen LogP contribution is 2.37. The minimum atomic E-state index is -0.193. The molecule has 3 rings (SSSR count). The maximum absolute atomic E-state index is 13.0. The average Bonchev–Trinajstić information content (AvgIpc) is 2.79. The zero-order chi connectivity index (χ0) is 24.1. The van der Waals surface area contributed by atoms with E-state index in [1.54, 1.807) is 0 Å². The third-order valence-electron chi connectivity index (χ3n) is 7.09. The van der Waals surface area contributed by atoms with Crippen molar-refractivity contribution in [2.45, 2.75) is 71.9 Å². The first-order chi connectivity index (χ1) is 15.7. The molecule has 0 aliphatic carbocycles. The molecule has 2 heterocycles. The van der Waals surface area contributed by atoms with Gasteiger partial charge in [-0.2, -0.15) is 0 Å². The normalized spacial score (nSPS) is 17.2. The minimum Gasteiger partial charge on any atom is -0.378 e. The van der Waals surface area contributed by atoms with E-state index in [4.69, 9.17) is 17.3 Å². The van der Waals surface area contributed by atoms with Gasteiger partial charge in [-0.1, -0.05) is 67.3 Å². The van der Waals surface area contributed by atoms with Crippen molar-refractivity contribution in [3.8, 4) is 0 Å². The summed E-state index contributed by atoms with van der Waals surface area (Å²) in [6.45, 7) is 7.94. The number of piperidine rings is 1. The van der Waals surface area contributed by atoms with E-state index in [9.17, 15) is 9.59 Å².